The second-order valence-electron chi connectivity index (χ2n) is 4.09. The highest BCUT2D eigenvalue weighted by atomic mass is 16.5. The summed E-state index contributed by atoms with van der Waals surface area (Å²) in [6.45, 7) is 3.50. The van der Waals surface area contributed by atoms with Crippen molar-refractivity contribution < 1.29 is 4.74 Å². The molecule has 0 bridgehead atoms. The Bertz CT molecular complexity index is 526. The molecule has 2 aromatic rings. The minimum absolute atomic E-state index is 0.231. The van der Waals surface area contributed by atoms with Crippen LogP contribution in [0.4, 0.5) is 11.9 Å². The fourth-order valence-corrected chi connectivity index (χ4v) is 1.77. The summed E-state index contributed by atoms with van der Waals surface area (Å²) in [5, 5.41) is 0. The van der Waals surface area contributed by atoms with Crippen LogP contribution in [0.15, 0.2) is 30.3 Å². The highest BCUT2D eigenvalue weighted by molar-refractivity contribution is 5.38. The highest BCUT2D eigenvalue weighted by Gasteiger charge is 2.12. The third-order valence-electron chi connectivity index (χ3n) is 2.80. The maximum absolute atomic E-state index is 5.36. The number of benzene rings is 1. The predicted octanol–water partition coefficient (Wildman–Crippen LogP) is 1.19. The lowest BCUT2D eigenvalue weighted by Gasteiger charge is -2.21. The van der Waals surface area contributed by atoms with E-state index in [9.17, 15) is 0 Å². The van der Waals surface area contributed by atoms with Crippen LogP contribution in [0.1, 0.15) is 12.5 Å². The zero-order chi connectivity index (χ0) is 14.4. The van der Waals surface area contributed by atoms with Crippen LogP contribution < -0.4 is 20.9 Å². The molecule has 0 spiro atoms. The highest BCUT2D eigenvalue weighted by Crippen LogP contribution is 2.16. The lowest BCUT2D eigenvalue weighted by Crippen LogP contribution is -2.25. The van der Waals surface area contributed by atoms with Crippen LogP contribution >= 0.6 is 0 Å². The van der Waals surface area contributed by atoms with Crippen LogP contribution in [0.2, 0.25) is 0 Å². The molecule has 0 fully saturated rings. The van der Waals surface area contributed by atoms with Gasteiger partial charge in [0.05, 0.1) is 7.11 Å². The van der Waals surface area contributed by atoms with Crippen molar-refractivity contribution in [2.24, 2.45) is 5.84 Å². The number of hydrogen-bond acceptors (Lipinski definition) is 7. The molecule has 2 rings (SSSR count). The molecule has 1 aromatic heterocycles. The number of ether oxygens (including phenoxy) is 1. The number of methoxy groups -OCH3 is 1. The zero-order valence-electron chi connectivity index (χ0n) is 11.6. The first-order valence-electron chi connectivity index (χ1n) is 6.32. The number of anilines is 2. The minimum atomic E-state index is 0.231. The second-order valence-corrected chi connectivity index (χ2v) is 4.09. The summed E-state index contributed by atoms with van der Waals surface area (Å²) in [5.41, 5.74) is 3.59. The van der Waals surface area contributed by atoms with Gasteiger partial charge in [-0.25, -0.2) is 5.84 Å². The monoisotopic (exact) mass is 274 g/mol. The van der Waals surface area contributed by atoms with E-state index in [1.54, 1.807) is 0 Å². The molecule has 7 heteroatoms. The molecule has 7 nitrogen and oxygen atoms in total. The number of nitrogens with one attached hydrogen (secondary N) is 1. The topological polar surface area (TPSA) is 89.2 Å². The molecule has 1 heterocycles. The van der Waals surface area contributed by atoms with Crippen molar-refractivity contribution in [3.63, 3.8) is 0 Å². The van der Waals surface area contributed by atoms with Crippen molar-refractivity contribution in [3.05, 3.63) is 35.9 Å². The summed E-state index contributed by atoms with van der Waals surface area (Å²) in [5.74, 6) is 6.16. The van der Waals surface area contributed by atoms with E-state index in [2.05, 4.69) is 32.5 Å². The first kappa shape index (κ1) is 14.0. The summed E-state index contributed by atoms with van der Waals surface area (Å²) in [7, 11) is 1.51. The van der Waals surface area contributed by atoms with Crippen LogP contribution in [0.25, 0.3) is 0 Å². The number of aromatic nitrogens is 3. The van der Waals surface area contributed by atoms with Crippen molar-refractivity contribution in [3.8, 4) is 6.01 Å². The summed E-state index contributed by atoms with van der Waals surface area (Å²) < 4.78 is 5.06. The summed E-state index contributed by atoms with van der Waals surface area (Å²) in [4.78, 5) is 14.5. The van der Waals surface area contributed by atoms with Crippen LogP contribution in [-0.2, 0) is 6.54 Å². The fourth-order valence-electron chi connectivity index (χ4n) is 1.77. The van der Waals surface area contributed by atoms with Gasteiger partial charge in [-0.15, -0.1) is 0 Å². The summed E-state index contributed by atoms with van der Waals surface area (Å²) in [6, 6.07) is 10.3. The van der Waals surface area contributed by atoms with Gasteiger partial charge in [0.15, 0.2) is 0 Å². The number of nitrogen functional groups attached to an aromatic ring is 1. The Balaban J connectivity index is 2.26. The largest absolute Gasteiger partial charge is 0.467 e. The van der Waals surface area contributed by atoms with E-state index in [1.165, 1.54) is 12.7 Å². The van der Waals surface area contributed by atoms with Crippen LogP contribution in [0.5, 0.6) is 6.01 Å². The smallest absolute Gasteiger partial charge is 0.322 e. The lowest BCUT2D eigenvalue weighted by atomic mass is 10.2. The van der Waals surface area contributed by atoms with Gasteiger partial charge < -0.3 is 9.64 Å². The van der Waals surface area contributed by atoms with E-state index < -0.39 is 0 Å². The van der Waals surface area contributed by atoms with Gasteiger partial charge in [-0.05, 0) is 12.5 Å². The molecule has 0 saturated carbocycles. The Kier molecular flexibility index (Phi) is 4.67. The number of rotatable bonds is 6. The Morgan fingerprint density at radius 3 is 2.55 bits per heavy atom. The molecular formula is C13H18N6O. The van der Waals surface area contributed by atoms with Gasteiger partial charge in [-0.2, -0.15) is 15.0 Å². The van der Waals surface area contributed by atoms with Gasteiger partial charge in [0, 0.05) is 13.1 Å². The first-order valence-corrected chi connectivity index (χ1v) is 6.32. The number of nitrogens with two attached hydrogens (primary N) is 1. The summed E-state index contributed by atoms with van der Waals surface area (Å²) >= 11 is 0. The molecule has 0 aliphatic rings. The summed E-state index contributed by atoms with van der Waals surface area (Å²) in [6.07, 6.45) is 0. The average Bonchev–Trinajstić information content (AvgIpc) is 2.53. The first-order chi connectivity index (χ1) is 9.76. The Morgan fingerprint density at radius 2 is 1.95 bits per heavy atom. The zero-order valence-corrected chi connectivity index (χ0v) is 11.6. The number of nitrogens with zero attached hydrogens (tertiary/aromatic N) is 4. The molecule has 1 aromatic carbocycles. The maximum atomic E-state index is 5.36. The van der Waals surface area contributed by atoms with Crippen LogP contribution in [0.3, 0.4) is 0 Å². The van der Waals surface area contributed by atoms with E-state index in [-0.39, 0.29) is 12.0 Å². The Morgan fingerprint density at radius 1 is 1.20 bits per heavy atom. The minimum Gasteiger partial charge on any atom is -0.467 e. The van der Waals surface area contributed by atoms with Gasteiger partial charge in [-0.3, -0.25) is 5.43 Å². The quantitative estimate of drug-likeness (QED) is 0.604. The lowest BCUT2D eigenvalue weighted by molar-refractivity contribution is 0.378. The van der Waals surface area contributed by atoms with Crippen LogP contribution in [-0.4, -0.2) is 28.6 Å². The third kappa shape index (κ3) is 3.33. The molecule has 106 valence electrons. The van der Waals surface area contributed by atoms with Crippen molar-refractivity contribution >= 4 is 11.9 Å². The molecule has 0 saturated heterocycles. The second kappa shape index (κ2) is 6.67. The molecule has 0 aliphatic heterocycles. The van der Waals surface area contributed by atoms with E-state index in [4.69, 9.17) is 10.6 Å². The molecular weight excluding hydrogens is 256 g/mol. The third-order valence-corrected chi connectivity index (χ3v) is 2.80. The molecule has 0 unspecified atom stereocenters. The van der Waals surface area contributed by atoms with Gasteiger partial charge in [-0.1, -0.05) is 30.3 Å². The maximum Gasteiger partial charge on any atom is 0.322 e. The average molecular weight is 274 g/mol. The molecule has 0 amide bonds. The normalized spacial score (nSPS) is 10.2. The van der Waals surface area contributed by atoms with Gasteiger partial charge >= 0.3 is 6.01 Å². The van der Waals surface area contributed by atoms with Gasteiger partial charge in [0.1, 0.15) is 0 Å². The number of hydrogen-bond donors (Lipinski definition) is 2. The number of hydrazine groups is 1. The molecule has 0 radical (unpaired) electrons. The van der Waals surface area contributed by atoms with E-state index in [1.807, 2.05) is 30.0 Å². The predicted molar refractivity (Wildman–Crippen MR) is 77.4 cm³/mol. The standard InChI is InChI=1S/C13H18N6O/c1-3-19(9-10-7-5-4-6-8-10)12-15-11(18-14)16-13(17-12)20-2/h4-8H,3,9,14H2,1-2H3,(H,15,16,17,18). The molecule has 3 N–H and O–H groups in total. The fraction of sp³-hybridized carbons (Fsp3) is 0.308. The Hall–Kier alpha value is -2.41. The van der Waals surface area contributed by atoms with Crippen LogP contribution in [0, 0.1) is 0 Å². The van der Waals surface area contributed by atoms with Crippen molar-refractivity contribution in [1.29, 1.82) is 0 Å². The van der Waals surface area contributed by atoms with E-state index in [0.29, 0.717) is 12.5 Å². The van der Waals surface area contributed by atoms with Crippen molar-refractivity contribution in [2.75, 3.05) is 24.0 Å². The van der Waals surface area contributed by atoms with E-state index in [0.717, 1.165) is 6.54 Å². The van der Waals surface area contributed by atoms with Gasteiger partial charge in [0.25, 0.3) is 0 Å². The van der Waals surface area contributed by atoms with Crippen molar-refractivity contribution in [1.82, 2.24) is 15.0 Å². The van der Waals surface area contributed by atoms with Crippen molar-refractivity contribution in [2.45, 2.75) is 13.5 Å². The Labute approximate surface area is 117 Å². The molecule has 20 heavy (non-hydrogen) atoms. The molecule has 0 aliphatic carbocycles. The van der Waals surface area contributed by atoms with Gasteiger partial charge in [0.2, 0.25) is 11.9 Å². The van der Waals surface area contributed by atoms with E-state index >= 15 is 0 Å². The SMILES string of the molecule is CCN(Cc1ccccc1)c1nc(NN)nc(OC)n1. The molecule has 0 atom stereocenters.